The molecule has 4 nitrogen and oxygen atoms in total. The van der Waals surface area contributed by atoms with Gasteiger partial charge in [0.05, 0.1) is 5.69 Å². The molecule has 5 heteroatoms. The van der Waals surface area contributed by atoms with Crippen molar-refractivity contribution in [1.82, 2.24) is 14.3 Å². The van der Waals surface area contributed by atoms with Crippen LogP contribution >= 0.6 is 11.3 Å². The number of imidazole rings is 1. The number of aromatic hydroxyl groups is 1. The molecule has 0 saturated heterocycles. The zero-order chi connectivity index (χ0) is 13.7. The van der Waals surface area contributed by atoms with Gasteiger partial charge in [-0.25, -0.2) is 4.98 Å². The lowest BCUT2D eigenvalue weighted by Crippen LogP contribution is -2.26. The van der Waals surface area contributed by atoms with Gasteiger partial charge >= 0.3 is 0 Å². The predicted octanol–water partition coefficient (Wildman–Crippen LogP) is 2.76. The fourth-order valence-corrected chi connectivity index (χ4v) is 3.94. The summed E-state index contributed by atoms with van der Waals surface area (Å²) in [6.07, 6.45) is 3.19. The molecular weight excluding hydrogens is 270 g/mol. The average Bonchev–Trinajstić information content (AvgIpc) is 2.96. The van der Waals surface area contributed by atoms with Gasteiger partial charge in [-0.15, -0.1) is 0 Å². The minimum Gasteiger partial charge on any atom is -0.508 e. The van der Waals surface area contributed by atoms with Crippen LogP contribution in [0.15, 0.2) is 30.5 Å². The number of hydrogen-bond acceptors (Lipinski definition) is 4. The van der Waals surface area contributed by atoms with Gasteiger partial charge in [-0.3, -0.25) is 4.40 Å². The normalized spacial score (nSPS) is 15.7. The Kier molecular flexibility index (Phi) is 2.58. The van der Waals surface area contributed by atoms with E-state index in [0.29, 0.717) is 0 Å². The highest BCUT2D eigenvalue weighted by molar-refractivity contribution is 7.17. The van der Waals surface area contributed by atoms with E-state index >= 15 is 0 Å². The predicted molar refractivity (Wildman–Crippen MR) is 80.2 cm³/mol. The van der Waals surface area contributed by atoms with Crippen molar-refractivity contribution in [3.63, 3.8) is 0 Å². The van der Waals surface area contributed by atoms with E-state index in [4.69, 9.17) is 4.98 Å². The summed E-state index contributed by atoms with van der Waals surface area (Å²) in [5.74, 6) is 0.287. The standard InChI is InChI=1S/C15H15N3OS/c1-17-7-6-13-14(9-17)20-15-16-12(8-18(13)15)10-2-4-11(19)5-3-10/h2-5,8,19H,6-7,9H2,1H3. The Morgan fingerprint density at radius 2 is 2.05 bits per heavy atom. The van der Waals surface area contributed by atoms with Gasteiger partial charge < -0.3 is 10.0 Å². The lowest BCUT2D eigenvalue weighted by molar-refractivity contribution is 0.314. The molecule has 0 bridgehead atoms. The lowest BCUT2D eigenvalue weighted by atomic mass is 10.1. The molecule has 3 heterocycles. The summed E-state index contributed by atoms with van der Waals surface area (Å²) >= 11 is 1.78. The van der Waals surface area contributed by atoms with Crippen LogP contribution in [0.1, 0.15) is 10.6 Å². The van der Waals surface area contributed by atoms with Crippen molar-refractivity contribution in [2.45, 2.75) is 13.0 Å². The number of thiazole rings is 1. The number of rotatable bonds is 1. The second-order valence-electron chi connectivity index (χ2n) is 5.29. The second-order valence-corrected chi connectivity index (χ2v) is 6.35. The maximum absolute atomic E-state index is 9.36. The zero-order valence-corrected chi connectivity index (χ0v) is 12.0. The Labute approximate surface area is 120 Å². The number of phenols is 1. The third-order valence-corrected chi connectivity index (χ3v) is 4.89. The minimum atomic E-state index is 0.287. The smallest absolute Gasteiger partial charge is 0.194 e. The molecule has 0 aliphatic carbocycles. The summed E-state index contributed by atoms with van der Waals surface area (Å²) in [5.41, 5.74) is 3.42. The second kappa shape index (κ2) is 4.33. The van der Waals surface area contributed by atoms with E-state index in [0.717, 1.165) is 35.7 Å². The molecule has 1 aliphatic rings. The molecule has 1 N–H and O–H groups in total. The molecule has 2 aromatic heterocycles. The third kappa shape index (κ3) is 1.82. The largest absolute Gasteiger partial charge is 0.508 e. The minimum absolute atomic E-state index is 0.287. The van der Waals surface area contributed by atoms with Crippen molar-refractivity contribution < 1.29 is 5.11 Å². The van der Waals surface area contributed by atoms with Gasteiger partial charge in [0.25, 0.3) is 0 Å². The van der Waals surface area contributed by atoms with Gasteiger partial charge in [-0.05, 0) is 31.3 Å². The van der Waals surface area contributed by atoms with Crippen LogP contribution in [0, 0.1) is 0 Å². The van der Waals surface area contributed by atoms with Crippen LogP contribution in [0.3, 0.4) is 0 Å². The molecule has 0 fully saturated rings. The molecule has 3 aromatic rings. The molecule has 0 amide bonds. The third-order valence-electron chi connectivity index (χ3n) is 3.81. The fourth-order valence-electron chi connectivity index (χ4n) is 2.71. The van der Waals surface area contributed by atoms with Crippen molar-refractivity contribution in [3.05, 3.63) is 41.0 Å². The van der Waals surface area contributed by atoms with E-state index in [1.165, 1.54) is 10.6 Å². The first kappa shape index (κ1) is 11.9. The van der Waals surface area contributed by atoms with Gasteiger partial charge in [0.15, 0.2) is 4.96 Å². The van der Waals surface area contributed by atoms with E-state index in [1.54, 1.807) is 23.5 Å². The van der Waals surface area contributed by atoms with Crippen LogP contribution < -0.4 is 0 Å². The van der Waals surface area contributed by atoms with Crippen LogP contribution in [-0.4, -0.2) is 33.0 Å². The number of phenolic OH excluding ortho intramolecular Hbond substituents is 1. The number of benzene rings is 1. The Morgan fingerprint density at radius 3 is 2.85 bits per heavy atom. The molecule has 0 saturated carbocycles. The first-order valence-corrected chi connectivity index (χ1v) is 7.50. The van der Waals surface area contributed by atoms with Gasteiger partial charge in [0.2, 0.25) is 0 Å². The van der Waals surface area contributed by atoms with Crippen LogP contribution in [0.5, 0.6) is 5.75 Å². The first-order valence-electron chi connectivity index (χ1n) is 6.68. The molecular formula is C15H15N3OS. The Balaban J connectivity index is 1.80. The van der Waals surface area contributed by atoms with Gasteiger partial charge in [0.1, 0.15) is 5.75 Å². The van der Waals surface area contributed by atoms with E-state index in [-0.39, 0.29) is 5.75 Å². The van der Waals surface area contributed by atoms with E-state index in [2.05, 4.69) is 22.5 Å². The highest BCUT2D eigenvalue weighted by Gasteiger charge is 2.20. The zero-order valence-electron chi connectivity index (χ0n) is 11.2. The van der Waals surface area contributed by atoms with Crippen LogP contribution in [0.25, 0.3) is 16.2 Å². The van der Waals surface area contributed by atoms with E-state index in [9.17, 15) is 5.11 Å². The van der Waals surface area contributed by atoms with Crippen LogP contribution in [-0.2, 0) is 13.0 Å². The summed E-state index contributed by atoms with van der Waals surface area (Å²) in [7, 11) is 2.16. The summed E-state index contributed by atoms with van der Waals surface area (Å²) in [4.78, 5) is 9.56. The molecule has 102 valence electrons. The Morgan fingerprint density at radius 1 is 1.25 bits per heavy atom. The molecule has 0 atom stereocenters. The Hall–Kier alpha value is -1.85. The quantitative estimate of drug-likeness (QED) is 0.747. The summed E-state index contributed by atoms with van der Waals surface area (Å²) < 4.78 is 2.23. The molecule has 1 aliphatic heterocycles. The van der Waals surface area contributed by atoms with Crippen molar-refractivity contribution in [1.29, 1.82) is 0 Å². The summed E-state index contributed by atoms with van der Waals surface area (Å²) in [5, 5.41) is 9.36. The van der Waals surface area contributed by atoms with Gasteiger partial charge in [-0.1, -0.05) is 11.3 Å². The van der Waals surface area contributed by atoms with Crippen molar-refractivity contribution in [2.75, 3.05) is 13.6 Å². The molecule has 0 spiro atoms. The number of likely N-dealkylation sites (N-methyl/N-ethyl adjacent to an activating group) is 1. The number of fused-ring (bicyclic) bond motifs is 3. The highest BCUT2D eigenvalue weighted by Crippen LogP contribution is 2.31. The van der Waals surface area contributed by atoms with Crippen molar-refractivity contribution >= 4 is 16.3 Å². The monoisotopic (exact) mass is 285 g/mol. The molecule has 4 rings (SSSR count). The summed E-state index contributed by atoms with van der Waals surface area (Å²) in [6, 6.07) is 7.21. The van der Waals surface area contributed by atoms with E-state index < -0.39 is 0 Å². The average molecular weight is 285 g/mol. The number of nitrogens with zero attached hydrogens (tertiary/aromatic N) is 3. The summed E-state index contributed by atoms with van der Waals surface area (Å²) in [6.45, 7) is 2.13. The SMILES string of the molecule is CN1CCc2c(sc3nc(-c4ccc(O)cc4)cn23)C1. The number of hydrogen-bond donors (Lipinski definition) is 1. The fraction of sp³-hybridized carbons (Fsp3) is 0.267. The molecule has 0 radical (unpaired) electrons. The lowest BCUT2D eigenvalue weighted by Gasteiger charge is -2.21. The highest BCUT2D eigenvalue weighted by atomic mass is 32.1. The Bertz CT molecular complexity index is 772. The van der Waals surface area contributed by atoms with Crippen LogP contribution in [0.4, 0.5) is 0 Å². The van der Waals surface area contributed by atoms with Crippen molar-refractivity contribution in [3.8, 4) is 17.0 Å². The van der Waals surface area contributed by atoms with Crippen molar-refractivity contribution in [2.24, 2.45) is 0 Å². The maximum Gasteiger partial charge on any atom is 0.194 e. The van der Waals surface area contributed by atoms with Gasteiger partial charge in [-0.2, -0.15) is 0 Å². The van der Waals surface area contributed by atoms with Gasteiger partial charge in [0, 0.05) is 41.8 Å². The molecule has 20 heavy (non-hydrogen) atoms. The van der Waals surface area contributed by atoms with E-state index in [1.807, 2.05) is 12.1 Å². The topological polar surface area (TPSA) is 40.8 Å². The van der Waals surface area contributed by atoms with Crippen LogP contribution in [0.2, 0.25) is 0 Å². The molecule has 1 aromatic carbocycles. The molecule has 0 unspecified atom stereocenters. The maximum atomic E-state index is 9.36. The number of aromatic nitrogens is 2. The first-order chi connectivity index (χ1) is 9.70.